The van der Waals surface area contributed by atoms with Gasteiger partial charge in [0, 0.05) is 39.1 Å². The second kappa shape index (κ2) is 9.44. The van der Waals surface area contributed by atoms with Crippen LogP contribution >= 0.6 is 24.0 Å². The molecule has 1 rings (SSSR count). The number of aliphatic imine (C=N–C) groups is 1. The summed E-state index contributed by atoms with van der Waals surface area (Å²) in [5, 5.41) is 10.5. The number of halogens is 1. The van der Waals surface area contributed by atoms with Crippen LogP contribution in [0.25, 0.3) is 0 Å². The molecule has 92 valence electrons. The molecule has 0 saturated heterocycles. The summed E-state index contributed by atoms with van der Waals surface area (Å²) in [4.78, 5) is 4.08. The molecule has 1 heterocycles. The molecule has 0 bridgehead atoms. The van der Waals surface area contributed by atoms with Crippen molar-refractivity contribution in [2.24, 2.45) is 4.99 Å². The van der Waals surface area contributed by atoms with Gasteiger partial charge < -0.3 is 10.6 Å². The Morgan fingerprint density at radius 1 is 1.44 bits per heavy atom. The molecule has 0 spiro atoms. The van der Waals surface area contributed by atoms with Gasteiger partial charge >= 0.3 is 0 Å². The van der Waals surface area contributed by atoms with Crippen LogP contribution in [0.5, 0.6) is 0 Å². The number of aromatic nitrogens is 2. The first-order valence-corrected chi connectivity index (χ1v) is 5.28. The van der Waals surface area contributed by atoms with Crippen LogP contribution in [-0.2, 0) is 6.54 Å². The van der Waals surface area contributed by atoms with E-state index in [1.807, 2.05) is 16.9 Å². The molecule has 0 amide bonds. The molecule has 0 fully saturated rings. The molecule has 0 aliphatic heterocycles. The number of hydrogen-bond donors (Lipinski definition) is 2. The van der Waals surface area contributed by atoms with E-state index in [4.69, 9.17) is 0 Å². The summed E-state index contributed by atoms with van der Waals surface area (Å²) in [5.74, 6) is 0.859. The Kier molecular flexibility index (Phi) is 8.97. The zero-order valence-electron chi connectivity index (χ0n) is 9.81. The van der Waals surface area contributed by atoms with Gasteiger partial charge in [-0.3, -0.25) is 9.67 Å². The van der Waals surface area contributed by atoms with Crippen LogP contribution in [0.4, 0.5) is 0 Å². The lowest BCUT2D eigenvalue weighted by Crippen LogP contribution is -2.37. The number of nitrogens with zero attached hydrogens (tertiary/aromatic N) is 3. The van der Waals surface area contributed by atoms with Crippen molar-refractivity contribution in [2.75, 3.05) is 20.1 Å². The quantitative estimate of drug-likeness (QED) is 0.366. The lowest BCUT2D eigenvalue weighted by atomic mass is 10.4. The minimum Gasteiger partial charge on any atom is -0.357 e. The third-order valence-electron chi connectivity index (χ3n) is 1.98. The average Bonchev–Trinajstić information content (AvgIpc) is 2.75. The van der Waals surface area contributed by atoms with Gasteiger partial charge in [-0.1, -0.05) is 0 Å². The molecule has 5 nitrogen and oxygen atoms in total. The fourth-order valence-electron chi connectivity index (χ4n) is 1.27. The molecule has 1 aromatic rings. The van der Waals surface area contributed by atoms with Crippen molar-refractivity contribution in [2.45, 2.75) is 19.9 Å². The van der Waals surface area contributed by atoms with Crippen LogP contribution in [0.15, 0.2) is 23.5 Å². The maximum atomic E-state index is 4.13. The molecule has 0 atom stereocenters. The highest BCUT2D eigenvalue weighted by Gasteiger charge is 1.94. The van der Waals surface area contributed by atoms with Crippen molar-refractivity contribution in [1.82, 2.24) is 20.4 Å². The van der Waals surface area contributed by atoms with Crippen molar-refractivity contribution in [3.63, 3.8) is 0 Å². The molecular weight excluding hydrogens is 317 g/mol. The molecule has 0 radical (unpaired) electrons. The van der Waals surface area contributed by atoms with E-state index in [2.05, 4.69) is 27.6 Å². The van der Waals surface area contributed by atoms with Crippen LogP contribution in [0.2, 0.25) is 0 Å². The van der Waals surface area contributed by atoms with Crippen molar-refractivity contribution in [3.05, 3.63) is 18.5 Å². The van der Waals surface area contributed by atoms with Gasteiger partial charge in [0.1, 0.15) is 0 Å². The lowest BCUT2D eigenvalue weighted by molar-refractivity contribution is 0.570. The van der Waals surface area contributed by atoms with Gasteiger partial charge in [-0.2, -0.15) is 5.10 Å². The van der Waals surface area contributed by atoms with Crippen LogP contribution in [0, 0.1) is 0 Å². The number of nitrogens with one attached hydrogen (secondary N) is 2. The van der Waals surface area contributed by atoms with E-state index >= 15 is 0 Å². The molecule has 16 heavy (non-hydrogen) atoms. The van der Waals surface area contributed by atoms with Crippen molar-refractivity contribution < 1.29 is 0 Å². The van der Waals surface area contributed by atoms with E-state index in [0.29, 0.717) is 0 Å². The standard InChI is InChI=1S/C10H19N5.HI/c1-3-12-10(11-2)13-6-4-8-15-9-5-7-14-15;/h5,7,9H,3-4,6,8H2,1-2H3,(H2,11,12,13);1H. The first-order chi connectivity index (χ1) is 7.36. The van der Waals surface area contributed by atoms with Gasteiger partial charge in [0.05, 0.1) is 0 Å². The van der Waals surface area contributed by atoms with E-state index in [-0.39, 0.29) is 24.0 Å². The maximum absolute atomic E-state index is 4.13. The molecule has 0 aliphatic rings. The lowest BCUT2D eigenvalue weighted by Gasteiger charge is -2.09. The molecule has 0 aliphatic carbocycles. The van der Waals surface area contributed by atoms with Crippen LogP contribution in [-0.4, -0.2) is 35.9 Å². The Morgan fingerprint density at radius 2 is 2.25 bits per heavy atom. The van der Waals surface area contributed by atoms with Gasteiger partial charge in [0.25, 0.3) is 0 Å². The van der Waals surface area contributed by atoms with Crippen LogP contribution in [0.3, 0.4) is 0 Å². The highest BCUT2D eigenvalue weighted by atomic mass is 127. The first-order valence-electron chi connectivity index (χ1n) is 5.28. The highest BCUT2D eigenvalue weighted by Crippen LogP contribution is 1.87. The smallest absolute Gasteiger partial charge is 0.190 e. The van der Waals surface area contributed by atoms with Gasteiger partial charge in [-0.05, 0) is 19.4 Å². The second-order valence-corrected chi connectivity index (χ2v) is 3.15. The number of hydrogen-bond acceptors (Lipinski definition) is 2. The molecule has 0 aromatic carbocycles. The van der Waals surface area contributed by atoms with Crippen LogP contribution < -0.4 is 10.6 Å². The monoisotopic (exact) mass is 337 g/mol. The molecule has 6 heteroatoms. The molecule has 0 saturated carbocycles. The molecular formula is C10H20IN5. The Bertz CT molecular complexity index is 283. The molecule has 1 aromatic heterocycles. The predicted octanol–water partition coefficient (Wildman–Crippen LogP) is 1.08. The Morgan fingerprint density at radius 3 is 2.81 bits per heavy atom. The second-order valence-electron chi connectivity index (χ2n) is 3.15. The van der Waals surface area contributed by atoms with E-state index in [9.17, 15) is 0 Å². The predicted molar refractivity (Wildman–Crippen MR) is 77.3 cm³/mol. The maximum Gasteiger partial charge on any atom is 0.190 e. The summed E-state index contributed by atoms with van der Waals surface area (Å²) in [6.45, 7) is 4.78. The summed E-state index contributed by atoms with van der Waals surface area (Å²) in [6.07, 6.45) is 4.80. The fourth-order valence-corrected chi connectivity index (χ4v) is 1.27. The van der Waals surface area contributed by atoms with E-state index in [1.54, 1.807) is 13.2 Å². The normalized spacial score (nSPS) is 10.8. The van der Waals surface area contributed by atoms with Gasteiger partial charge in [0.15, 0.2) is 5.96 Å². The highest BCUT2D eigenvalue weighted by molar-refractivity contribution is 14.0. The first kappa shape index (κ1) is 15.2. The Hall–Kier alpha value is -0.790. The number of rotatable bonds is 5. The summed E-state index contributed by atoms with van der Waals surface area (Å²) in [6, 6.07) is 1.94. The van der Waals surface area contributed by atoms with Crippen molar-refractivity contribution in [3.8, 4) is 0 Å². The Balaban J connectivity index is 0.00000225. The summed E-state index contributed by atoms with van der Waals surface area (Å²) >= 11 is 0. The SMILES string of the molecule is CCNC(=NC)NCCCn1cccn1.I. The van der Waals surface area contributed by atoms with Crippen LogP contribution in [0.1, 0.15) is 13.3 Å². The minimum absolute atomic E-state index is 0. The van der Waals surface area contributed by atoms with Crippen molar-refractivity contribution >= 4 is 29.9 Å². The van der Waals surface area contributed by atoms with Gasteiger partial charge in [-0.25, -0.2) is 0 Å². The van der Waals surface area contributed by atoms with Gasteiger partial charge in [0.2, 0.25) is 0 Å². The zero-order chi connectivity index (χ0) is 10.9. The zero-order valence-corrected chi connectivity index (χ0v) is 12.1. The molecule has 2 N–H and O–H groups in total. The van der Waals surface area contributed by atoms with Gasteiger partial charge in [-0.15, -0.1) is 24.0 Å². The third-order valence-corrected chi connectivity index (χ3v) is 1.98. The van der Waals surface area contributed by atoms with Crippen molar-refractivity contribution in [1.29, 1.82) is 0 Å². The summed E-state index contributed by atoms with van der Waals surface area (Å²) in [7, 11) is 1.78. The fraction of sp³-hybridized carbons (Fsp3) is 0.600. The van der Waals surface area contributed by atoms with E-state index < -0.39 is 0 Å². The Labute approximate surface area is 114 Å². The summed E-state index contributed by atoms with van der Waals surface area (Å²) < 4.78 is 1.93. The third kappa shape index (κ3) is 5.94. The number of guanidine groups is 1. The largest absolute Gasteiger partial charge is 0.357 e. The summed E-state index contributed by atoms with van der Waals surface area (Å²) in [5.41, 5.74) is 0. The average molecular weight is 337 g/mol. The minimum atomic E-state index is 0. The van der Waals surface area contributed by atoms with E-state index in [1.165, 1.54) is 0 Å². The topological polar surface area (TPSA) is 54.2 Å². The number of aryl methyl sites for hydroxylation is 1. The van der Waals surface area contributed by atoms with E-state index in [0.717, 1.165) is 32.0 Å². The molecule has 0 unspecified atom stereocenters.